The Kier molecular flexibility index (Phi) is 3.60. The zero-order valence-corrected chi connectivity index (χ0v) is 8.38. The average Bonchev–Trinajstić information content (AvgIpc) is 2.47. The van der Waals surface area contributed by atoms with Crippen LogP contribution in [0.15, 0.2) is 12.3 Å². The highest BCUT2D eigenvalue weighted by atomic mass is 15.1. The van der Waals surface area contributed by atoms with Crippen molar-refractivity contribution < 1.29 is 0 Å². The van der Waals surface area contributed by atoms with Gasteiger partial charge in [-0.2, -0.15) is 0 Å². The molecule has 1 N–H and O–H groups in total. The lowest BCUT2D eigenvalue weighted by molar-refractivity contribution is 0.363. The van der Waals surface area contributed by atoms with Crippen molar-refractivity contribution in [3.05, 3.63) is 12.3 Å². The van der Waals surface area contributed by atoms with Gasteiger partial charge in [0, 0.05) is 12.6 Å². The lowest BCUT2D eigenvalue weighted by Gasteiger charge is -2.19. The minimum Gasteiger partial charge on any atom is -0.388 e. The molecule has 1 saturated heterocycles. The van der Waals surface area contributed by atoms with Gasteiger partial charge in [0.05, 0.1) is 0 Å². The predicted octanol–water partition coefficient (Wildman–Crippen LogP) is 1.45. The maximum atomic E-state index is 3.39. The molecule has 0 aromatic heterocycles. The van der Waals surface area contributed by atoms with E-state index in [4.69, 9.17) is 0 Å². The van der Waals surface area contributed by atoms with Gasteiger partial charge in [-0.1, -0.05) is 6.08 Å². The van der Waals surface area contributed by atoms with Crippen molar-refractivity contribution in [1.82, 2.24) is 10.2 Å². The van der Waals surface area contributed by atoms with Crippen molar-refractivity contribution in [3.63, 3.8) is 0 Å². The monoisotopic (exact) mass is 168 g/mol. The second kappa shape index (κ2) is 4.51. The molecule has 0 bridgehead atoms. The van der Waals surface area contributed by atoms with E-state index in [1.807, 2.05) is 13.1 Å². The molecule has 70 valence electrons. The summed E-state index contributed by atoms with van der Waals surface area (Å²) < 4.78 is 0. The van der Waals surface area contributed by atoms with E-state index in [0.717, 1.165) is 5.92 Å². The summed E-state index contributed by atoms with van der Waals surface area (Å²) in [5.41, 5.74) is 0. The van der Waals surface area contributed by atoms with Crippen LogP contribution < -0.4 is 5.32 Å². The SMILES string of the molecule is C/C=C/NC(C)C1CCN(C)C1. The number of likely N-dealkylation sites (tertiary alicyclic amines) is 1. The number of hydrogen-bond donors (Lipinski definition) is 1. The van der Waals surface area contributed by atoms with Crippen LogP contribution in [0.1, 0.15) is 20.3 Å². The van der Waals surface area contributed by atoms with Gasteiger partial charge in [0.1, 0.15) is 0 Å². The third kappa shape index (κ3) is 2.52. The number of hydrogen-bond acceptors (Lipinski definition) is 2. The van der Waals surface area contributed by atoms with E-state index in [-0.39, 0.29) is 0 Å². The summed E-state index contributed by atoms with van der Waals surface area (Å²) in [7, 11) is 2.20. The van der Waals surface area contributed by atoms with Gasteiger partial charge < -0.3 is 10.2 Å². The van der Waals surface area contributed by atoms with Crippen LogP contribution in [0.2, 0.25) is 0 Å². The Labute approximate surface area is 75.6 Å². The minimum absolute atomic E-state index is 0.617. The summed E-state index contributed by atoms with van der Waals surface area (Å²) in [4.78, 5) is 2.40. The van der Waals surface area contributed by atoms with E-state index in [2.05, 4.69) is 30.3 Å². The van der Waals surface area contributed by atoms with E-state index in [9.17, 15) is 0 Å². The van der Waals surface area contributed by atoms with Gasteiger partial charge in [-0.3, -0.25) is 0 Å². The zero-order chi connectivity index (χ0) is 8.97. The molecule has 1 fully saturated rings. The van der Waals surface area contributed by atoms with Crippen LogP contribution in [-0.4, -0.2) is 31.1 Å². The molecular weight excluding hydrogens is 148 g/mol. The van der Waals surface area contributed by atoms with E-state index in [1.54, 1.807) is 0 Å². The predicted molar refractivity (Wildman–Crippen MR) is 53.0 cm³/mol. The number of allylic oxidation sites excluding steroid dienone is 1. The number of nitrogens with one attached hydrogen (secondary N) is 1. The third-order valence-corrected chi connectivity index (χ3v) is 2.66. The summed E-state index contributed by atoms with van der Waals surface area (Å²) in [5, 5.41) is 3.39. The molecule has 0 aliphatic carbocycles. The zero-order valence-electron chi connectivity index (χ0n) is 8.38. The van der Waals surface area contributed by atoms with Crippen molar-refractivity contribution in [3.8, 4) is 0 Å². The van der Waals surface area contributed by atoms with Gasteiger partial charge in [0.25, 0.3) is 0 Å². The van der Waals surface area contributed by atoms with E-state index in [1.165, 1.54) is 19.5 Å². The van der Waals surface area contributed by atoms with Crippen molar-refractivity contribution in [2.24, 2.45) is 5.92 Å². The number of rotatable bonds is 3. The van der Waals surface area contributed by atoms with Crippen LogP contribution in [-0.2, 0) is 0 Å². The van der Waals surface area contributed by atoms with Crippen molar-refractivity contribution >= 4 is 0 Å². The Balaban J connectivity index is 2.27. The molecule has 0 radical (unpaired) electrons. The van der Waals surface area contributed by atoms with Crippen LogP contribution >= 0.6 is 0 Å². The molecule has 1 aliphatic rings. The largest absolute Gasteiger partial charge is 0.388 e. The standard InChI is InChI=1S/C10H20N2/c1-4-6-11-9(2)10-5-7-12(3)8-10/h4,6,9-11H,5,7-8H2,1-3H3/b6-4+. The van der Waals surface area contributed by atoms with Crippen LogP contribution in [0.25, 0.3) is 0 Å². The first-order valence-corrected chi connectivity index (χ1v) is 4.79. The molecule has 2 atom stereocenters. The molecular formula is C10H20N2. The fourth-order valence-electron chi connectivity index (χ4n) is 1.76. The Morgan fingerprint density at radius 1 is 1.58 bits per heavy atom. The van der Waals surface area contributed by atoms with Crippen molar-refractivity contribution in [2.75, 3.05) is 20.1 Å². The van der Waals surface area contributed by atoms with Crippen molar-refractivity contribution in [1.29, 1.82) is 0 Å². The van der Waals surface area contributed by atoms with Gasteiger partial charge in [-0.15, -0.1) is 0 Å². The Hall–Kier alpha value is -0.500. The second-order valence-electron chi connectivity index (χ2n) is 3.77. The Morgan fingerprint density at radius 3 is 2.83 bits per heavy atom. The highest BCUT2D eigenvalue weighted by Crippen LogP contribution is 2.17. The summed E-state index contributed by atoms with van der Waals surface area (Å²) in [5.74, 6) is 0.825. The first-order chi connectivity index (χ1) is 5.74. The van der Waals surface area contributed by atoms with Crippen LogP contribution in [0, 0.1) is 5.92 Å². The molecule has 2 heteroatoms. The molecule has 0 aromatic carbocycles. The fourth-order valence-corrected chi connectivity index (χ4v) is 1.76. The van der Waals surface area contributed by atoms with Gasteiger partial charge in [0.2, 0.25) is 0 Å². The van der Waals surface area contributed by atoms with Crippen LogP contribution in [0.3, 0.4) is 0 Å². The van der Waals surface area contributed by atoms with E-state index < -0.39 is 0 Å². The topological polar surface area (TPSA) is 15.3 Å². The average molecular weight is 168 g/mol. The molecule has 0 amide bonds. The normalized spacial score (nSPS) is 28.1. The molecule has 2 nitrogen and oxygen atoms in total. The molecule has 1 heterocycles. The lowest BCUT2D eigenvalue weighted by Crippen LogP contribution is -2.31. The molecule has 2 unspecified atom stereocenters. The van der Waals surface area contributed by atoms with Crippen LogP contribution in [0.4, 0.5) is 0 Å². The van der Waals surface area contributed by atoms with Gasteiger partial charge in [-0.05, 0) is 46.0 Å². The van der Waals surface area contributed by atoms with E-state index >= 15 is 0 Å². The quantitative estimate of drug-likeness (QED) is 0.686. The lowest BCUT2D eigenvalue weighted by atomic mass is 10.0. The minimum atomic E-state index is 0.617. The second-order valence-corrected chi connectivity index (χ2v) is 3.77. The fraction of sp³-hybridized carbons (Fsp3) is 0.800. The Morgan fingerprint density at radius 2 is 2.33 bits per heavy atom. The molecule has 1 aliphatic heterocycles. The molecule has 1 rings (SSSR count). The molecule has 0 aromatic rings. The third-order valence-electron chi connectivity index (χ3n) is 2.66. The number of nitrogens with zero attached hydrogens (tertiary/aromatic N) is 1. The summed E-state index contributed by atoms with van der Waals surface area (Å²) in [6.07, 6.45) is 5.43. The van der Waals surface area contributed by atoms with E-state index in [0.29, 0.717) is 6.04 Å². The van der Waals surface area contributed by atoms with Gasteiger partial charge in [-0.25, -0.2) is 0 Å². The maximum Gasteiger partial charge on any atom is 0.0268 e. The van der Waals surface area contributed by atoms with Gasteiger partial charge >= 0.3 is 0 Å². The summed E-state index contributed by atoms with van der Waals surface area (Å²) in [6, 6.07) is 0.617. The first-order valence-electron chi connectivity index (χ1n) is 4.79. The first kappa shape index (κ1) is 9.59. The molecule has 0 saturated carbocycles. The highest BCUT2D eigenvalue weighted by molar-refractivity contribution is 4.85. The van der Waals surface area contributed by atoms with Gasteiger partial charge in [0.15, 0.2) is 0 Å². The van der Waals surface area contributed by atoms with Crippen molar-refractivity contribution in [2.45, 2.75) is 26.3 Å². The summed E-state index contributed by atoms with van der Waals surface area (Å²) in [6.45, 7) is 6.81. The molecule has 12 heavy (non-hydrogen) atoms. The highest BCUT2D eigenvalue weighted by Gasteiger charge is 2.23. The summed E-state index contributed by atoms with van der Waals surface area (Å²) >= 11 is 0. The Bertz CT molecular complexity index is 154. The van der Waals surface area contributed by atoms with Crippen LogP contribution in [0.5, 0.6) is 0 Å². The maximum absolute atomic E-state index is 3.39. The molecule has 0 spiro atoms. The smallest absolute Gasteiger partial charge is 0.0268 e.